The number of aromatic nitrogens is 3. The van der Waals surface area contributed by atoms with Gasteiger partial charge < -0.3 is 5.32 Å². The molecular weight excluding hydrogens is 382 g/mol. The number of hydrogen-bond donors (Lipinski definition) is 1. The molecule has 1 saturated heterocycles. The average Bonchev–Trinajstić information content (AvgIpc) is 3.09. The first-order valence-electron chi connectivity index (χ1n) is 9.70. The van der Waals surface area contributed by atoms with E-state index in [2.05, 4.69) is 27.8 Å². The second-order valence-electron chi connectivity index (χ2n) is 7.65. The van der Waals surface area contributed by atoms with Gasteiger partial charge in [0.1, 0.15) is 10.7 Å². The molecule has 2 aromatic heterocycles. The molecule has 2 aromatic rings. The Labute approximate surface area is 168 Å². The highest BCUT2D eigenvalue weighted by Gasteiger charge is 2.28. The smallest absolute Gasteiger partial charge is 0.271 e. The summed E-state index contributed by atoms with van der Waals surface area (Å²) in [6, 6.07) is 2.21. The van der Waals surface area contributed by atoms with Gasteiger partial charge in [-0.1, -0.05) is 36.9 Å². The average molecular weight is 408 g/mol. The minimum atomic E-state index is -0.138. The van der Waals surface area contributed by atoms with E-state index >= 15 is 0 Å². The lowest BCUT2D eigenvalue weighted by Gasteiger charge is -2.30. The van der Waals surface area contributed by atoms with Crippen LogP contribution in [-0.4, -0.2) is 44.2 Å². The van der Waals surface area contributed by atoms with E-state index in [-0.39, 0.29) is 16.6 Å². The van der Waals surface area contributed by atoms with Crippen LogP contribution in [0.4, 0.5) is 5.95 Å². The van der Waals surface area contributed by atoms with Crippen molar-refractivity contribution in [2.24, 2.45) is 5.92 Å². The number of rotatable bonds is 4. The molecule has 2 unspecified atom stereocenters. The third-order valence-corrected chi connectivity index (χ3v) is 7.07. The van der Waals surface area contributed by atoms with E-state index in [0.29, 0.717) is 23.6 Å². The summed E-state index contributed by atoms with van der Waals surface area (Å²) in [7, 11) is 0. The highest BCUT2D eigenvalue weighted by atomic mass is 35.5. The Balaban J connectivity index is 1.67. The van der Waals surface area contributed by atoms with Crippen LogP contribution in [0.15, 0.2) is 17.1 Å². The van der Waals surface area contributed by atoms with Crippen LogP contribution in [0, 0.1) is 5.92 Å². The molecule has 146 valence electrons. The van der Waals surface area contributed by atoms with E-state index in [9.17, 15) is 4.79 Å². The molecule has 2 fully saturated rings. The largest absolute Gasteiger partial charge is 0.351 e. The summed E-state index contributed by atoms with van der Waals surface area (Å²) in [5.74, 6) is 1.05. The Hall–Kier alpha value is -1.31. The standard InChI is InChI=1S/C19H26ClN5OS/c1-12-4-3-5-16(12)25-17-13(10-15(20)18(25)26)11-21-19(23-17)22-14-6-8-24(27-2)9-7-14/h10-12,14,16H,3-9H2,1-2H3,(H,21,22,23). The van der Waals surface area contributed by atoms with Gasteiger partial charge >= 0.3 is 0 Å². The number of nitrogens with zero attached hydrogens (tertiary/aromatic N) is 4. The maximum atomic E-state index is 12.8. The summed E-state index contributed by atoms with van der Waals surface area (Å²) in [5, 5.41) is 4.54. The Morgan fingerprint density at radius 3 is 2.70 bits per heavy atom. The molecule has 1 N–H and O–H groups in total. The highest BCUT2D eigenvalue weighted by Crippen LogP contribution is 2.36. The summed E-state index contributed by atoms with van der Waals surface area (Å²) in [6.07, 6.45) is 9.30. The van der Waals surface area contributed by atoms with Gasteiger partial charge in [0.2, 0.25) is 5.95 Å². The molecule has 2 aliphatic rings. The van der Waals surface area contributed by atoms with E-state index in [4.69, 9.17) is 16.6 Å². The molecule has 8 heteroatoms. The molecule has 0 radical (unpaired) electrons. The molecule has 0 bridgehead atoms. The van der Waals surface area contributed by atoms with Crippen molar-refractivity contribution in [3.63, 3.8) is 0 Å². The van der Waals surface area contributed by atoms with Crippen molar-refractivity contribution in [2.45, 2.75) is 51.1 Å². The van der Waals surface area contributed by atoms with Gasteiger partial charge in [-0.2, -0.15) is 4.98 Å². The van der Waals surface area contributed by atoms with Crippen molar-refractivity contribution in [1.29, 1.82) is 0 Å². The number of fused-ring (bicyclic) bond motifs is 1. The lowest BCUT2D eigenvalue weighted by Crippen LogP contribution is -2.36. The number of piperidine rings is 1. The van der Waals surface area contributed by atoms with Gasteiger partial charge in [0.15, 0.2) is 0 Å². The predicted molar refractivity (Wildman–Crippen MR) is 113 cm³/mol. The molecule has 6 nitrogen and oxygen atoms in total. The van der Waals surface area contributed by atoms with Crippen LogP contribution in [0.2, 0.25) is 5.02 Å². The summed E-state index contributed by atoms with van der Waals surface area (Å²) in [5.41, 5.74) is 0.558. The van der Waals surface area contributed by atoms with Crippen molar-refractivity contribution < 1.29 is 0 Å². The molecule has 3 heterocycles. The Morgan fingerprint density at radius 1 is 1.26 bits per heavy atom. The van der Waals surface area contributed by atoms with Gasteiger partial charge in [-0.05, 0) is 43.9 Å². The van der Waals surface area contributed by atoms with Crippen molar-refractivity contribution in [2.75, 3.05) is 24.7 Å². The summed E-state index contributed by atoms with van der Waals surface area (Å²) < 4.78 is 4.19. The fraction of sp³-hybridized carbons (Fsp3) is 0.632. The number of pyridine rings is 1. The molecule has 1 aliphatic heterocycles. The number of halogens is 1. The second-order valence-corrected chi connectivity index (χ2v) is 8.93. The van der Waals surface area contributed by atoms with Crippen LogP contribution in [0.5, 0.6) is 0 Å². The SMILES string of the molecule is CSN1CCC(Nc2ncc3cc(Cl)c(=O)n(C4CCCC4C)c3n2)CC1. The summed E-state index contributed by atoms with van der Waals surface area (Å²) >= 11 is 8.03. The van der Waals surface area contributed by atoms with Crippen molar-refractivity contribution in [3.8, 4) is 0 Å². The van der Waals surface area contributed by atoms with Crippen molar-refractivity contribution in [3.05, 3.63) is 27.6 Å². The Kier molecular flexibility index (Phi) is 5.62. The summed E-state index contributed by atoms with van der Waals surface area (Å²) in [4.78, 5) is 22.1. The van der Waals surface area contributed by atoms with Crippen LogP contribution in [0.1, 0.15) is 45.1 Å². The Morgan fingerprint density at radius 2 is 2.04 bits per heavy atom. The monoisotopic (exact) mass is 407 g/mol. The number of nitrogens with one attached hydrogen (secondary N) is 1. The fourth-order valence-electron chi connectivity index (χ4n) is 4.34. The molecule has 2 atom stereocenters. The van der Waals surface area contributed by atoms with E-state index in [1.54, 1.807) is 24.2 Å². The maximum absolute atomic E-state index is 12.8. The number of anilines is 1. The predicted octanol–water partition coefficient (Wildman–Crippen LogP) is 3.96. The quantitative estimate of drug-likeness (QED) is 0.774. The maximum Gasteiger partial charge on any atom is 0.271 e. The molecule has 0 aromatic carbocycles. The van der Waals surface area contributed by atoms with Gasteiger partial charge in [0, 0.05) is 36.8 Å². The van der Waals surface area contributed by atoms with Gasteiger partial charge in [0.05, 0.1) is 0 Å². The van der Waals surface area contributed by atoms with Gasteiger partial charge in [0.25, 0.3) is 5.56 Å². The van der Waals surface area contributed by atoms with Crippen molar-refractivity contribution in [1.82, 2.24) is 18.8 Å². The lowest BCUT2D eigenvalue weighted by molar-refractivity contribution is 0.358. The first-order valence-corrected chi connectivity index (χ1v) is 11.3. The lowest BCUT2D eigenvalue weighted by atomic mass is 10.1. The first-order chi connectivity index (χ1) is 13.1. The number of hydrogen-bond acceptors (Lipinski definition) is 6. The van der Waals surface area contributed by atoms with Crippen LogP contribution >= 0.6 is 23.5 Å². The van der Waals surface area contributed by atoms with E-state index in [1.807, 2.05) is 4.57 Å². The van der Waals surface area contributed by atoms with Crippen LogP contribution in [-0.2, 0) is 0 Å². The molecule has 4 rings (SSSR count). The molecule has 1 saturated carbocycles. The Bertz CT molecular complexity index is 880. The zero-order chi connectivity index (χ0) is 19.0. The van der Waals surface area contributed by atoms with Crippen LogP contribution < -0.4 is 10.9 Å². The normalized spacial score (nSPS) is 24.6. The third-order valence-electron chi connectivity index (χ3n) is 5.92. The molecule has 0 amide bonds. The van der Waals surface area contributed by atoms with E-state index in [1.165, 1.54) is 0 Å². The second kappa shape index (κ2) is 7.97. The molecule has 0 spiro atoms. The van der Waals surface area contributed by atoms with Gasteiger partial charge in [-0.3, -0.25) is 13.7 Å². The molecule has 27 heavy (non-hydrogen) atoms. The van der Waals surface area contributed by atoms with Crippen LogP contribution in [0.3, 0.4) is 0 Å². The van der Waals surface area contributed by atoms with Gasteiger partial charge in [-0.15, -0.1) is 0 Å². The fourth-order valence-corrected chi connectivity index (χ4v) is 5.12. The summed E-state index contributed by atoms with van der Waals surface area (Å²) in [6.45, 7) is 4.33. The van der Waals surface area contributed by atoms with Gasteiger partial charge in [-0.25, -0.2) is 4.98 Å². The zero-order valence-electron chi connectivity index (χ0n) is 15.8. The third kappa shape index (κ3) is 3.82. The topological polar surface area (TPSA) is 63.1 Å². The zero-order valence-corrected chi connectivity index (χ0v) is 17.4. The van der Waals surface area contributed by atoms with Crippen molar-refractivity contribution >= 4 is 40.5 Å². The van der Waals surface area contributed by atoms with E-state index in [0.717, 1.165) is 50.6 Å². The molecule has 1 aliphatic carbocycles. The minimum absolute atomic E-state index is 0.138. The minimum Gasteiger partial charge on any atom is -0.351 e. The van der Waals surface area contributed by atoms with E-state index < -0.39 is 0 Å². The van der Waals surface area contributed by atoms with Crippen LogP contribution in [0.25, 0.3) is 11.0 Å². The highest BCUT2D eigenvalue weighted by molar-refractivity contribution is 7.96. The first kappa shape index (κ1) is 19.0. The molecular formula is C19H26ClN5OS.